The van der Waals surface area contributed by atoms with Crippen molar-refractivity contribution in [2.45, 2.75) is 19.8 Å². The van der Waals surface area contributed by atoms with E-state index in [1.54, 1.807) is 25.1 Å². The van der Waals surface area contributed by atoms with E-state index in [2.05, 4.69) is 4.74 Å². The monoisotopic (exact) mass is 220 g/mol. The maximum Gasteiger partial charge on any atom is 0.513 e. The van der Waals surface area contributed by atoms with Gasteiger partial charge in [0.25, 0.3) is 0 Å². The standard InChI is InChI=1S/C12H12O4/c1-2-15-12(14)16-9-4-5-10-8(7-9)3-6-11(10)13/h4-5,7H,2-3,6H2,1H3. The minimum Gasteiger partial charge on any atom is -0.434 e. The lowest BCUT2D eigenvalue weighted by Gasteiger charge is -2.05. The normalized spacial score (nSPS) is 13.4. The molecular weight excluding hydrogens is 208 g/mol. The van der Waals surface area contributed by atoms with Crippen molar-refractivity contribution in [2.75, 3.05) is 6.61 Å². The molecule has 0 bridgehead atoms. The van der Waals surface area contributed by atoms with Crippen LogP contribution in [0.4, 0.5) is 4.79 Å². The highest BCUT2D eigenvalue weighted by molar-refractivity contribution is 6.00. The highest BCUT2D eigenvalue weighted by atomic mass is 16.7. The quantitative estimate of drug-likeness (QED) is 0.567. The first-order valence-electron chi connectivity index (χ1n) is 5.21. The molecule has 4 nitrogen and oxygen atoms in total. The molecule has 0 amide bonds. The van der Waals surface area contributed by atoms with E-state index in [1.807, 2.05) is 0 Å². The molecule has 1 aromatic rings. The molecule has 0 fully saturated rings. The third kappa shape index (κ3) is 2.05. The van der Waals surface area contributed by atoms with Gasteiger partial charge in [-0.1, -0.05) is 0 Å². The molecule has 1 aliphatic carbocycles. The molecule has 0 unspecified atom stereocenters. The second-order valence-electron chi connectivity index (χ2n) is 3.53. The van der Waals surface area contributed by atoms with Crippen LogP contribution in [0.1, 0.15) is 29.3 Å². The molecule has 0 saturated heterocycles. The SMILES string of the molecule is CCOC(=O)Oc1ccc2c(c1)CCC2=O. The first-order valence-corrected chi connectivity index (χ1v) is 5.21. The number of ether oxygens (including phenoxy) is 2. The Morgan fingerprint density at radius 1 is 1.38 bits per heavy atom. The molecule has 1 aromatic carbocycles. The Morgan fingerprint density at radius 2 is 2.19 bits per heavy atom. The lowest BCUT2D eigenvalue weighted by molar-refractivity contribution is 0.0994. The van der Waals surface area contributed by atoms with E-state index in [4.69, 9.17) is 4.74 Å². The fourth-order valence-corrected chi connectivity index (χ4v) is 1.74. The zero-order valence-corrected chi connectivity index (χ0v) is 8.99. The lowest BCUT2D eigenvalue weighted by Crippen LogP contribution is -2.10. The van der Waals surface area contributed by atoms with E-state index in [9.17, 15) is 9.59 Å². The van der Waals surface area contributed by atoms with Crippen molar-refractivity contribution in [3.63, 3.8) is 0 Å². The smallest absolute Gasteiger partial charge is 0.434 e. The van der Waals surface area contributed by atoms with Gasteiger partial charge in [-0.05, 0) is 37.1 Å². The van der Waals surface area contributed by atoms with Gasteiger partial charge in [-0.15, -0.1) is 0 Å². The summed E-state index contributed by atoms with van der Waals surface area (Å²) in [6.07, 6.45) is 0.540. The van der Waals surface area contributed by atoms with Crippen LogP contribution in [0.15, 0.2) is 18.2 Å². The van der Waals surface area contributed by atoms with Crippen LogP contribution in [0.2, 0.25) is 0 Å². The van der Waals surface area contributed by atoms with Gasteiger partial charge in [0, 0.05) is 12.0 Å². The van der Waals surface area contributed by atoms with E-state index in [0.717, 1.165) is 11.1 Å². The summed E-state index contributed by atoms with van der Waals surface area (Å²) in [5.74, 6) is 0.574. The van der Waals surface area contributed by atoms with E-state index in [0.29, 0.717) is 18.6 Å². The molecule has 0 spiro atoms. The van der Waals surface area contributed by atoms with Gasteiger partial charge in [-0.2, -0.15) is 0 Å². The fourth-order valence-electron chi connectivity index (χ4n) is 1.74. The zero-order chi connectivity index (χ0) is 11.5. The summed E-state index contributed by atoms with van der Waals surface area (Å²) in [7, 11) is 0. The predicted octanol–water partition coefficient (Wildman–Crippen LogP) is 2.35. The molecule has 0 atom stereocenters. The maximum absolute atomic E-state index is 11.4. The van der Waals surface area contributed by atoms with Crippen molar-refractivity contribution in [1.29, 1.82) is 0 Å². The third-order valence-corrected chi connectivity index (χ3v) is 2.46. The number of benzene rings is 1. The Morgan fingerprint density at radius 3 is 2.94 bits per heavy atom. The topological polar surface area (TPSA) is 52.6 Å². The lowest BCUT2D eigenvalue weighted by atomic mass is 10.1. The number of carbonyl (C=O) groups is 2. The molecule has 0 aliphatic heterocycles. The van der Waals surface area contributed by atoms with Crippen LogP contribution in [0.3, 0.4) is 0 Å². The van der Waals surface area contributed by atoms with Gasteiger partial charge in [0.15, 0.2) is 5.78 Å². The van der Waals surface area contributed by atoms with Crippen molar-refractivity contribution in [3.05, 3.63) is 29.3 Å². The minimum atomic E-state index is -0.716. The Balaban J connectivity index is 2.13. The van der Waals surface area contributed by atoms with Crippen molar-refractivity contribution < 1.29 is 19.1 Å². The van der Waals surface area contributed by atoms with Crippen molar-refractivity contribution in [2.24, 2.45) is 0 Å². The van der Waals surface area contributed by atoms with Gasteiger partial charge in [0.1, 0.15) is 5.75 Å². The summed E-state index contributed by atoms with van der Waals surface area (Å²) in [4.78, 5) is 22.4. The molecular formula is C12H12O4. The molecule has 84 valence electrons. The fraction of sp³-hybridized carbons (Fsp3) is 0.333. The highest BCUT2D eigenvalue weighted by Gasteiger charge is 2.20. The number of hydrogen-bond acceptors (Lipinski definition) is 4. The first-order chi connectivity index (χ1) is 7.70. The summed E-state index contributed by atoms with van der Waals surface area (Å²) >= 11 is 0. The molecule has 0 aromatic heterocycles. The van der Waals surface area contributed by atoms with Crippen molar-refractivity contribution in [1.82, 2.24) is 0 Å². The van der Waals surface area contributed by atoms with Crippen LogP contribution in [0.5, 0.6) is 5.75 Å². The highest BCUT2D eigenvalue weighted by Crippen LogP contribution is 2.26. The number of ketones is 1. The largest absolute Gasteiger partial charge is 0.513 e. The van der Waals surface area contributed by atoms with Crippen LogP contribution in [-0.2, 0) is 11.2 Å². The first kappa shape index (κ1) is 10.7. The summed E-state index contributed by atoms with van der Waals surface area (Å²) in [6.45, 7) is 1.99. The van der Waals surface area contributed by atoms with Crippen LogP contribution >= 0.6 is 0 Å². The van der Waals surface area contributed by atoms with Crippen LogP contribution < -0.4 is 4.74 Å². The number of Topliss-reactive ketones (excluding diaryl/α,β-unsaturated/α-hetero) is 1. The second-order valence-corrected chi connectivity index (χ2v) is 3.53. The van der Waals surface area contributed by atoms with Gasteiger partial charge >= 0.3 is 6.16 Å². The Labute approximate surface area is 93.2 Å². The number of rotatable bonds is 2. The van der Waals surface area contributed by atoms with Gasteiger partial charge in [-0.25, -0.2) is 4.79 Å². The van der Waals surface area contributed by atoms with Crippen LogP contribution in [-0.4, -0.2) is 18.5 Å². The molecule has 0 heterocycles. The average molecular weight is 220 g/mol. The molecule has 16 heavy (non-hydrogen) atoms. The molecule has 2 rings (SSSR count). The number of carbonyl (C=O) groups excluding carboxylic acids is 2. The van der Waals surface area contributed by atoms with Gasteiger partial charge in [-0.3, -0.25) is 4.79 Å². The number of aryl methyl sites for hydroxylation is 1. The number of fused-ring (bicyclic) bond motifs is 1. The molecule has 1 aliphatic rings. The molecule has 0 N–H and O–H groups in total. The van der Waals surface area contributed by atoms with Gasteiger partial charge < -0.3 is 9.47 Å². The predicted molar refractivity (Wildman–Crippen MR) is 56.7 cm³/mol. The minimum absolute atomic E-state index is 0.151. The molecule has 4 heteroatoms. The van der Waals surface area contributed by atoms with E-state index in [1.165, 1.54) is 0 Å². The Kier molecular flexibility index (Phi) is 2.90. The van der Waals surface area contributed by atoms with Crippen molar-refractivity contribution >= 4 is 11.9 Å². The Bertz CT molecular complexity index is 437. The summed E-state index contributed by atoms with van der Waals surface area (Å²) < 4.78 is 9.60. The number of hydrogen-bond donors (Lipinski definition) is 0. The summed E-state index contributed by atoms with van der Waals surface area (Å²) in [5, 5.41) is 0. The third-order valence-electron chi connectivity index (χ3n) is 2.46. The van der Waals surface area contributed by atoms with Gasteiger partial charge in [0.05, 0.1) is 6.61 Å². The average Bonchev–Trinajstić information content (AvgIpc) is 2.60. The van der Waals surface area contributed by atoms with Crippen molar-refractivity contribution in [3.8, 4) is 5.75 Å². The van der Waals surface area contributed by atoms with Crippen LogP contribution in [0.25, 0.3) is 0 Å². The second kappa shape index (κ2) is 4.35. The summed E-state index contributed by atoms with van der Waals surface area (Å²) in [5.41, 5.74) is 1.67. The van der Waals surface area contributed by atoms with Gasteiger partial charge in [0.2, 0.25) is 0 Å². The van der Waals surface area contributed by atoms with Crippen LogP contribution in [0, 0.1) is 0 Å². The van der Waals surface area contributed by atoms with E-state index >= 15 is 0 Å². The van der Waals surface area contributed by atoms with E-state index in [-0.39, 0.29) is 12.4 Å². The molecule has 0 saturated carbocycles. The summed E-state index contributed by atoms with van der Waals surface area (Å²) in [6, 6.07) is 5.02. The zero-order valence-electron chi connectivity index (χ0n) is 8.99. The Hall–Kier alpha value is -1.84. The van der Waals surface area contributed by atoms with E-state index < -0.39 is 6.16 Å². The molecule has 0 radical (unpaired) electrons. The maximum atomic E-state index is 11.4.